The maximum atomic E-state index is 15.2. The van der Waals surface area contributed by atoms with Crippen molar-refractivity contribution in [2.75, 3.05) is 24.5 Å². The van der Waals surface area contributed by atoms with Crippen molar-refractivity contribution in [1.82, 2.24) is 5.32 Å². The van der Waals surface area contributed by atoms with Gasteiger partial charge >= 0.3 is 0 Å². The first-order valence-corrected chi connectivity index (χ1v) is 9.33. The molecule has 1 aromatic rings. The molecule has 0 radical (unpaired) electrons. The van der Waals surface area contributed by atoms with Crippen LogP contribution in [0.4, 0.5) is 14.5 Å². The first-order valence-electron chi connectivity index (χ1n) is 9.33. The van der Waals surface area contributed by atoms with Gasteiger partial charge in [0, 0.05) is 25.6 Å². The fourth-order valence-corrected chi connectivity index (χ4v) is 3.93. The van der Waals surface area contributed by atoms with Crippen molar-refractivity contribution in [3.05, 3.63) is 29.1 Å². The Labute approximate surface area is 148 Å². The van der Waals surface area contributed by atoms with Crippen LogP contribution in [0.5, 0.6) is 0 Å². The molecule has 2 fully saturated rings. The second kappa shape index (κ2) is 6.93. The van der Waals surface area contributed by atoms with E-state index in [2.05, 4.69) is 5.32 Å². The topological polar surface area (TPSA) is 32.3 Å². The van der Waals surface area contributed by atoms with Crippen molar-refractivity contribution < 1.29 is 13.6 Å². The highest BCUT2D eigenvalue weighted by Crippen LogP contribution is 2.51. The average molecular weight is 350 g/mol. The minimum absolute atomic E-state index is 0.0891. The molecule has 3 nitrogen and oxygen atoms in total. The number of amides is 1. The van der Waals surface area contributed by atoms with Gasteiger partial charge in [-0.1, -0.05) is 19.9 Å². The molecule has 1 saturated heterocycles. The average Bonchev–Trinajstić information content (AvgIpc) is 3.06. The van der Waals surface area contributed by atoms with Crippen LogP contribution in [0, 0.1) is 24.6 Å². The minimum Gasteiger partial charge on any atom is -0.369 e. The number of alkyl halides is 1. The Morgan fingerprint density at radius 3 is 2.56 bits per heavy atom. The Kier molecular flexibility index (Phi) is 5.03. The van der Waals surface area contributed by atoms with Gasteiger partial charge in [0.15, 0.2) is 0 Å². The van der Waals surface area contributed by atoms with Gasteiger partial charge in [0.25, 0.3) is 0 Å². The predicted octanol–water partition coefficient (Wildman–Crippen LogP) is 4.08. The number of nitrogens with zero attached hydrogens (tertiary/aromatic N) is 1. The molecule has 1 aliphatic carbocycles. The smallest absolute Gasteiger partial charge is 0.223 e. The van der Waals surface area contributed by atoms with Crippen LogP contribution >= 0.6 is 0 Å². The van der Waals surface area contributed by atoms with Gasteiger partial charge in [-0.25, -0.2) is 8.78 Å². The van der Waals surface area contributed by atoms with Crippen molar-refractivity contribution in [2.24, 2.45) is 11.8 Å². The normalized spacial score (nSPS) is 26.0. The van der Waals surface area contributed by atoms with Crippen molar-refractivity contribution in [3.8, 4) is 0 Å². The number of halogens is 2. The summed E-state index contributed by atoms with van der Waals surface area (Å²) in [6.45, 7) is 8.01. The summed E-state index contributed by atoms with van der Waals surface area (Å²) < 4.78 is 30.0. The lowest BCUT2D eigenvalue weighted by molar-refractivity contribution is -0.134. The maximum absolute atomic E-state index is 15.2. The fourth-order valence-electron chi connectivity index (χ4n) is 3.93. The molecule has 1 saturated carbocycles. The third-order valence-electron chi connectivity index (χ3n) is 5.49. The summed E-state index contributed by atoms with van der Waals surface area (Å²) >= 11 is 0. The molecule has 1 heterocycles. The van der Waals surface area contributed by atoms with Gasteiger partial charge in [0.1, 0.15) is 11.5 Å². The summed E-state index contributed by atoms with van der Waals surface area (Å²) in [6.07, 6.45) is 2.42. The first kappa shape index (κ1) is 18.2. The van der Waals surface area contributed by atoms with Gasteiger partial charge in [-0.05, 0) is 55.7 Å². The van der Waals surface area contributed by atoms with Gasteiger partial charge < -0.3 is 10.2 Å². The summed E-state index contributed by atoms with van der Waals surface area (Å²) in [4.78, 5) is 14.1. The van der Waals surface area contributed by atoms with E-state index in [4.69, 9.17) is 0 Å². The quantitative estimate of drug-likeness (QED) is 0.868. The van der Waals surface area contributed by atoms with Crippen LogP contribution in [0.3, 0.4) is 0 Å². The fraction of sp³-hybridized carbons (Fsp3) is 0.650. The summed E-state index contributed by atoms with van der Waals surface area (Å²) in [5.74, 6) is -0.351. The van der Waals surface area contributed by atoms with E-state index < -0.39 is 5.67 Å². The maximum Gasteiger partial charge on any atom is 0.223 e. The third-order valence-corrected chi connectivity index (χ3v) is 5.49. The van der Waals surface area contributed by atoms with E-state index in [1.807, 2.05) is 18.7 Å². The number of anilines is 1. The van der Waals surface area contributed by atoms with E-state index in [-0.39, 0.29) is 30.5 Å². The van der Waals surface area contributed by atoms with Crippen molar-refractivity contribution in [2.45, 2.75) is 52.1 Å². The molecule has 3 rings (SSSR count). The lowest BCUT2D eigenvalue weighted by Crippen LogP contribution is -2.46. The highest BCUT2D eigenvalue weighted by Gasteiger charge is 2.50. The van der Waals surface area contributed by atoms with Crippen LogP contribution in [0.1, 0.15) is 50.7 Å². The summed E-state index contributed by atoms with van der Waals surface area (Å²) in [6, 6.07) is 3.42. The van der Waals surface area contributed by atoms with Crippen molar-refractivity contribution >= 4 is 11.6 Å². The monoisotopic (exact) mass is 350 g/mol. The molecule has 0 aromatic heterocycles. The molecule has 25 heavy (non-hydrogen) atoms. The van der Waals surface area contributed by atoms with E-state index in [1.54, 1.807) is 19.1 Å². The lowest BCUT2D eigenvalue weighted by Gasteiger charge is -2.42. The third kappa shape index (κ3) is 3.51. The van der Waals surface area contributed by atoms with Crippen LogP contribution in [-0.4, -0.2) is 25.5 Å². The Hall–Kier alpha value is -1.65. The number of hydrogen-bond acceptors (Lipinski definition) is 2. The number of carbonyl (C=O) groups is 1. The molecule has 0 spiro atoms. The Bertz CT molecular complexity index is 647. The highest BCUT2D eigenvalue weighted by atomic mass is 19.1. The molecule has 2 aliphatic rings. The van der Waals surface area contributed by atoms with Gasteiger partial charge in [-0.15, -0.1) is 0 Å². The molecular weight excluding hydrogens is 322 g/mol. The SMILES string of the molecule is Cc1c(C2(F)CC(C(=O)NCC(C)C)C2)ccc(N2CCCC2)c1F. The number of hydrogen-bond donors (Lipinski definition) is 1. The van der Waals surface area contributed by atoms with E-state index in [9.17, 15) is 9.18 Å². The molecule has 1 aromatic carbocycles. The molecule has 1 N–H and O–H groups in total. The zero-order valence-electron chi connectivity index (χ0n) is 15.4. The molecule has 0 unspecified atom stereocenters. The summed E-state index contributed by atoms with van der Waals surface area (Å²) in [5, 5.41) is 2.86. The van der Waals surface area contributed by atoms with E-state index in [1.165, 1.54) is 0 Å². The zero-order chi connectivity index (χ0) is 18.2. The van der Waals surface area contributed by atoms with Crippen LogP contribution in [-0.2, 0) is 10.5 Å². The summed E-state index contributed by atoms with van der Waals surface area (Å²) in [7, 11) is 0. The van der Waals surface area contributed by atoms with Crippen LogP contribution in [0.25, 0.3) is 0 Å². The van der Waals surface area contributed by atoms with E-state index >= 15 is 4.39 Å². The van der Waals surface area contributed by atoms with Crippen molar-refractivity contribution in [3.63, 3.8) is 0 Å². The number of benzene rings is 1. The van der Waals surface area contributed by atoms with E-state index in [0.29, 0.717) is 29.3 Å². The standard InChI is InChI=1S/C20H28F2N2O/c1-13(2)12-23-19(25)15-10-20(22,11-15)16-6-7-17(18(21)14(16)3)24-8-4-5-9-24/h6-7,13,15H,4-5,8-12H2,1-3H3,(H,23,25). The summed E-state index contributed by atoms with van der Waals surface area (Å²) in [5.41, 5.74) is -0.226. The molecule has 0 bridgehead atoms. The molecular formula is C20H28F2N2O. The van der Waals surface area contributed by atoms with Gasteiger partial charge in [-0.3, -0.25) is 4.79 Å². The lowest BCUT2D eigenvalue weighted by atomic mass is 9.67. The zero-order valence-corrected chi connectivity index (χ0v) is 15.4. The highest BCUT2D eigenvalue weighted by molar-refractivity contribution is 5.80. The largest absolute Gasteiger partial charge is 0.369 e. The molecule has 1 aliphatic heterocycles. The second-order valence-corrected chi connectivity index (χ2v) is 7.97. The van der Waals surface area contributed by atoms with Gasteiger partial charge in [-0.2, -0.15) is 0 Å². The molecule has 5 heteroatoms. The van der Waals surface area contributed by atoms with Crippen molar-refractivity contribution in [1.29, 1.82) is 0 Å². The van der Waals surface area contributed by atoms with Crippen LogP contribution < -0.4 is 10.2 Å². The molecule has 138 valence electrons. The number of carbonyl (C=O) groups excluding carboxylic acids is 1. The Morgan fingerprint density at radius 1 is 1.32 bits per heavy atom. The van der Waals surface area contributed by atoms with E-state index in [0.717, 1.165) is 25.9 Å². The number of nitrogens with one attached hydrogen (secondary N) is 1. The van der Waals surface area contributed by atoms with Gasteiger partial charge in [0.2, 0.25) is 5.91 Å². The Morgan fingerprint density at radius 2 is 1.96 bits per heavy atom. The van der Waals surface area contributed by atoms with Crippen LogP contribution in [0.2, 0.25) is 0 Å². The predicted molar refractivity (Wildman–Crippen MR) is 95.9 cm³/mol. The number of rotatable bonds is 5. The molecule has 0 atom stereocenters. The van der Waals surface area contributed by atoms with Crippen LogP contribution in [0.15, 0.2) is 12.1 Å². The second-order valence-electron chi connectivity index (χ2n) is 7.97. The van der Waals surface area contributed by atoms with Gasteiger partial charge in [0.05, 0.1) is 5.69 Å². The first-order chi connectivity index (χ1) is 11.8. The Balaban J connectivity index is 1.70. The minimum atomic E-state index is -1.59. The molecule has 1 amide bonds.